The van der Waals surface area contributed by atoms with E-state index >= 15 is 0 Å². The molecular formula is C51H93O8P. The van der Waals surface area contributed by atoms with Crippen LogP contribution in [0.1, 0.15) is 239 Å². The molecule has 0 fully saturated rings. The molecule has 0 spiro atoms. The molecule has 0 bridgehead atoms. The van der Waals surface area contributed by atoms with E-state index in [1.54, 1.807) is 6.92 Å². The van der Waals surface area contributed by atoms with Gasteiger partial charge in [-0.2, -0.15) is 0 Å². The number of unbranched alkanes of at least 4 members (excludes halogenated alkanes) is 26. The van der Waals surface area contributed by atoms with E-state index < -0.39 is 26.5 Å². The third kappa shape index (κ3) is 45.5. The minimum Gasteiger partial charge on any atom is -0.462 e. The molecule has 0 saturated carbocycles. The van der Waals surface area contributed by atoms with Gasteiger partial charge in [0.1, 0.15) is 6.61 Å². The van der Waals surface area contributed by atoms with Crippen LogP contribution in [-0.2, 0) is 32.7 Å². The van der Waals surface area contributed by atoms with Crippen molar-refractivity contribution >= 4 is 19.8 Å². The van der Waals surface area contributed by atoms with Crippen LogP contribution in [0.25, 0.3) is 0 Å². The number of carbonyl (C=O) groups excluding carboxylic acids is 2. The van der Waals surface area contributed by atoms with Crippen molar-refractivity contribution in [2.75, 3.05) is 19.8 Å². The second-order valence-electron chi connectivity index (χ2n) is 16.5. The first-order valence-corrected chi connectivity index (χ1v) is 26.4. The lowest BCUT2D eigenvalue weighted by Crippen LogP contribution is -2.29. The van der Waals surface area contributed by atoms with Crippen molar-refractivity contribution in [1.29, 1.82) is 0 Å². The van der Waals surface area contributed by atoms with Crippen molar-refractivity contribution < 1.29 is 37.6 Å². The maximum absolute atomic E-state index is 12.6. The first-order valence-electron chi connectivity index (χ1n) is 24.9. The van der Waals surface area contributed by atoms with Crippen LogP contribution < -0.4 is 0 Å². The van der Waals surface area contributed by atoms with E-state index in [0.29, 0.717) is 6.42 Å². The average Bonchev–Trinajstić information content (AvgIpc) is 3.23. The summed E-state index contributed by atoms with van der Waals surface area (Å²) in [5, 5.41) is 0. The largest absolute Gasteiger partial charge is 0.472 e. The molecule has 0 aromatic carbocycles. The third-order valence-electron chi connectivity index (χ3n) is 10.6. The molecule has 350 valence electrons. The molecular weight excluding hydrogens is 772 g/mol. The van der Waals surface area contributed by atoms with Crippen LogP contribution in [-0.4, -0.2) is 42.8 Å². The summed E-state index contributed by atoms with van der Waals surface area (Å²) in [5.41, 5.74) is 0. The van der Waals surface area contributed by atoms with Crippen LogP contribution in [0, 0.1) is 0 Å². The average molecular weight is 865 g/mol. The molecule has 0 aromatic rings. The number of hydrogen-bond acceptors (Lipinski definition) is 7. The smallest absolute Gasteiger partial charge is 0.462 e. The number of ether oxygens (including phenoxy) is 2. The lowest BCUT2D eigenvalue weighted by atomic mass is 10.1. The number of esters is 2. The zero-order valence-electron chi connectivity index (χ0n) is 39.1. The molecule has 60 heavy (non-hydrogen) atoms. The highest BCUT2D eigenvalue weighted by Crippen LogP contribution is 2.43. The Balaban J connectivity index is 4.02. The quantitative estimate of drug-likeness (QED) is 0.0279. The molecule has 0 heterocycles. The summed E-state index contributed by atoms with van der Waals surface area (Å²) in [6, 6.07) is 0. The molecule has 0 aliphatic carbocycles. The molecule has 2 unspecified atom stereocenters. The SMILES string of the molecule is CCCCC/C=C\C/C=C\C/C=C\CCCCCCCCC(=O)OC(COC(=O)CCCCCCCCCCC/C=C\CCCCCCCCCC)COP(=O)(O)OCC. The van der Waals surface area contributed by atoms with Crippen molar-refractivity contribution in [3.8, 4) is 0 Å². The summed E-state index contributed by atoms with van der Waals surface area (Å²) in [6.07, 6.45) is 56.0. The lowest BCUT2D eigenvalue weighted by molar-refractivity contribution is -0.161. The van der Waals surface area contributed by atoms with Gasteiger partial charge in [0.25, 0.3) is 0 Å². The number of phosphoric ester groups is 1. The Morgan fingerprint density at radius 2 is 0.800 bits per heavy atom. The van der Waals surface area contributed by atoms with Crippen molar-refractivity contribution in [3.05, 3.63) is 48.6 Å². The van der Waals surface area contributed by atoms with Crippen LogP contribution in [0.15, 0.2) is 48.6 Å². The molecule has 9 heteroatoms. The third-order valence-corrected chi connectivity index (χ3v) is 11.7. The van der Waals surface area contributed by atoms with Crippen molar-refractivity contribution in [1.82, 2.24) is 0 Å². The molecule has 0 amide bonds. The van der Waals surface area contributed by atoms with Gasteiger partial charge in [0.2, 0.25) is 0 Å². The first-order chi connectivity index (χ1) is 29.3. The van der Waals surface area contributed by atoms with E-state index in [1.165, 1.54) is 128 Å². The molecule has 0 saturated heterocycles. The summed E-state index contributed by atoms with van der Waals surface area (Å²) >= 11 is 0. The van der Waals surface area contributed by atoms with Gasteiger partial charge < -0.3 is 14.4 Å². The Morgan fingerprint density at radius 1 is 0.450 bits per heavy atom. The fourth-order valence-electron chi connectivity index (χ4n) is 6.93. The summed E-state index contributed by atoms with van der Waals surface area (Å²) in [4.78, 5) is 34.9. The van der Waals surface area contributed by atoms with Crippen LogP contribution in [0.2, 0.25) is 0 Å². The van der Waals surface area contributed by atoms with Crippen molar-refractivity contribution in [2.24, 2.45) is 0 Å². The van der Waals surface area contributed by atoms with Gasteiger partial charge in [-0.15, -0.1) is 0 Å². The molecule has 8 nitrogen and oxygen atoms in total. The highest BCUT2D eigenvalue weighted by molar-refractivity contribution is 7.47. The van der Waals surface area contributed by atoms with Crippen molar-refractivity contribution in [3.63, 3.8) is 0 Å². The summed E-state index contributed by atoms with van der Waals surface area (Å²) in [7, 11) is -4.29. The first kappa shape index (κ1) is 58.0. The highest BCUT2D eigenvalue weighted by atomic mass is 31.2. The summed E-state index contributed by atoms with van der Waals surface area (Å²) in [5.74, 6) is -0.809. The molecule has 0 aromatic heterocycles. The maximum atomic E-state index is 12.6. The van der Waals surface area contributed by atoms with Gasteiger partial charge in [0, 0.05) is 12.8 Å². The predicted molar refractivity (Wildman–Crippen MR) is 253 cm³/mol. The molecule has 0 radical (unpaired) electrons. The van der Waals surface area contributed by atoms with Gasteiger partial charge in [-0.25, -0.2) is 4.57 Å². The van der Waals surface area contributed by atoms with Gasteiger partial charge in [-0.05, 0) is 84.0 Å². The van der Waals surface area contributed by atoms with Gasteiger partial charge in [-0.1, -0.05) is 191 Å². The number of phosphoric acid groups is 1. The fourth-order valence-corrected chi connectivity index (χ4v) is 7.68. The van der Waals surface area contributed by atoms with E-state index in [2.05, 4.69) is 62.5 Å². The van der Waals surface area contributed by atoms with E-state index in [-0.39, 0.29) is 32.0 Å². The molecule has 0 aliphatic heterocycles. The van der Waals surface area contributed by atoms with Gasteiger partial charge in [0.15, 0.2) is 6.10 Å². The Hall–Kier alpha value is -1.99. The molecule has 2 atom stereocenters. The Bertz CT molecular complexity index is 1120. The Kier molecular flexibility index (Phi) is 45.0. The zero-order chi connectivity index (χ0) is 43.9. The van der Waals surface area contributed by atoms with E-state index in [0.717, 1.165) is 70.6 Å². The summed E-state index contributed by atoms with van der Waals surface area (Å²) < 4.78 is 32.8. The maximum Gasteiger partial charge on any atom is 0.472 e. The predicted octanol–water partition coefficient (Wildman–Crippen LogP) is 16.1. The van der Waals surface area contributed by atoms with Crippen LogP contribution in [0.5, 0.6) is 0 Å². The number of rotatable bonds is 46. The second kappa shape index (κ2) is 46.5. The lowest BCUT2D eigenvalue weighted by Gasteiger charge is -2.19. The van der Waals surface area contributed by atoms with Crippen LogP contribution >= 0.6 is 7.82 Å². The number of carbonyl (C=O) groups is 2. The zero-order valence-corrected chi connectivity index (χ0v) is 40.0. The van der Waals surface area contributed by atoms with Crippen molar-refractivity contribution in [2.45, 2.75) is 245 Å². The van der Waals surface area contributed by atoms with E-state index in [4.69, 9.17) is 18.5 Å². The molecule has 1 N–H and O–H groups in total. The number of allylic oxidation sites excluding steroid dienone is 8. The Labute approximate surface area is 369 Å². The minimum absolute atomic E-state index is 0.00356. The number of hydrogen-bond donors (Lipinski definition) is 1. The van der Waals surface area contributed by atoms with Gasteiger partial charge in [0.05, 0.1) is 13.2 Å². The normalized spacial score (nSPS) is 13.6. The molecule has 0 rings (SSSR count). The van der Waals surface area contributed by atoms with Crippen LogP contribution in [0.4, 0.5) is 0 Å². The minimum atomic E-state index is -4.29. The van der Waals surface area contributed by atoms with Crippen LogP contribution in [0.3, 0.4) is 0 Å². The second-order valence-corrected chi connectivity index (χ2v) is 17.9. The van der Waals surface area contributed by atoms with Gasteiger partial charge >= 0.3 is 19.8 Å². The van der Waals surface area contributed by atoms with E-state index in [1.807, 2.05) is 0 Å². The van der Waals surface area contributed by atoms with E-state index in [9.17, 15) is 19.0 Å². The molecule has 0 aliphatic rings. The highest BCUT2D eigenvalue weighted by Gasteiger charge is 2.25. The fraction of sp³-hybridized carbons (Fsp3) is 0.804. The topological polar surface area (TPSA) is 108 Å². The summed E-state index contributed by atoms with van der Waals surface area (Å²) in [6.45, 7) is 5.46. The van der Waals surface area contributed by atoms with Gasteiger partial charge in [-0.3, -0.25) is 18.6 Å². The standard InChI is InChI=1S/C51H93O8P/c1-4-7-9-11-13-15-17-19-21-23-25-26-28-29-31-33-35-37-39-41-43-45-50(52)56-47-49(48-58-60(54,55)57-6-3)59-51(53)46-44-42-40-38-36-34-32-30-27-24-22-20-18-16-14-12-10-8-5-2/h14,16,20,22-23,25,27,30,49H,4-13,15,17-19,21,24,26,28-29,31-48H2,1-3H3,(H,54,55)/b16-14-,22-20-,25-23-,30-27-. The monoisotopic (exact) mass is 865 g/mol. The Morgan fingerprint density at radius 3 is 1.25 bits per heavy atom.